The van der Waals surface area contributed by atoms with Crippen LogP contribution in [0.2, 0.25) is 0 Å². The molecule has 0 bridgehead atoms. The molecule has 164 valence electrons. The van der Waals surface area contributed by atoms with E-state index in [2.05, 4.69) is 15.6 Å². The Balaban J connectivity index is 1.21. The number of fused-ring (bicyclic) bond motifs is 4. The molecule has 2 aliphatic heterocycles. The number of amides is 3. The number of nitrogens with zero attached hydrogens (tertiary/aromatic N) is 1. The number of thioether (sulfide) groups is 1. The predicted octanol–water partition coefficient (Wildman–Crippen LogP) is 3.66. The second-order valence-electron chi connectivity index (χ2n) is 8.64. The zero-order chi connectivity index (χ0) is 22.5. The molecule has 0 saturated carbocycles. The molecule has 2 aromatic carbocycles. The summed E-state index contributed by atoms with van der Waals surface area (Å²) >= 11 is 1.63. The molecule has 2 aliphatic rings. The number of hydrogen-bond acceptors (Lipinski definition) is 4. The summed E-state index contributed by atoms with van der Waals surface area (Å²) in [4.78, 5) is 43.3. The highest BCUT2D eigenvalue weighted by Crippen LogP contribution is 2.56. The molecule has 0 unspecified atom stereocenters. The summed E-state index contributed by atoms with van der Waals surface area (Å²) in [6.45, 7) is 4.17. The molecule has 1 aromatic heterocycles. The number of hydrogen-bond donors (Lipinski definition) is 3. The van der Waals surface area contributed by atoms with Crippen LogP contribution < -0.4 is 10.6 Å². The third-order valence-corrected chi connectivity index (χ3v) is 7.57. The third kappa shape index (κ3) is 3.44. The highest BCUT2D eigenvalue weighted by atomic mass is 32.2. The molecular weight excluding hydrogens is 424 g/mol. The molecule has 5 rings (SSSR count). The second-order valence-corrected chi connectivity index (χ2v) is 10.4. The molecule has 0 radical (unpaired) electrons. The molecule has 3 amide bonds. The van der Waals surface area contributed by atoms with E-state index >= 15 is 0 Å². The largest absolute Gasteiger partial charge is 0.361 e. The number of aromatic amines is 1. The molecule has 32 heavy (non-hydrogen) atoms. The molecule has 2 atom stereocenters. The Labute approximate surface area is 189 Å². The van der Waals surface area contributed by atoms with Crippen molar-refractivity contribution in [1.82, 2.24) is 15.2 Å². The van der Waals surface area contributed by atoms with E-state index in [1.807, 2.05) is 68.6 Å². The Kier molecular flexibility index (Phi) is 4.97. The SMILES string of the molecule is CC1(C)S[C@H]2c3ccccc3C(=O)N2[C@H]1C(=O)NCCC(=O)Nc1ccc2[nH]ccc2c1. The number of carbonyl (C=O) groups is 3. The number of H-pyrrole nitrogens is 1. The summed E-state index contributed by atoms with van der Waals surface area (Å²) in [5, 5.41) is 6.60. The number of anilines is 1. The first kappa shape index (κ1) is 20.6. The number of rotatable bonds is 5. The molecule has 1 fully saturated rings. The van der Waals surface area contributed by atoms with E-state index in [-0.39, 0.29) is 36.1 Å². The predicted molar refractivity (Wildman–Crippen MR) is 125 cm³/mol. The molecule has 0 spiro atoms. The number of nitrogens with one attached hydrogen (secondary N) is 3. The first-order valence-corrected chi connectivity index (χ1v) is 11.5. The minimum Gasteiger partial charge on any atom is -0.361 e. The van der Waals surface area contributed by atoms with E-state index in [1.54, 1.807) is 16.7 Å². The Morgan fingerprint density at radius 1 is 1.16 bits per heavy atom. The van der Waals surface area contributed by atoms with Gasteiger partial charge in [-0.15, -0.1) is 11.8 Å². The van der Waals surface area contributed by atoms with Crippen LogP contribution in [0, 0.1) is 0 Å². The number of benzene rings is 2. The summed E-state index contributed by atoms with van der Waals surface area (Å²) in [7, 11) is 0. The van der Waals surface area contributed by atoms with Crippen molar-refractivity contribution in [1.29, 1.82) is 0 Å². The van der Waals surface area contributed by atoms with Gasteiger partial charge in [0.15, 0.2) is 0 Å². The van der Waals surface area contributed by atoms with E-state index in [9.17, 15) is 14.4 Å². The van der Waals surface area contributed by atoms with Crippen molar-refractivity contribution in [3.63, 3.8) is 0 Å². The van der Waals surface area contributed by atoms with Gasteiger partial charge in [-0.25, -0.2) is 0 Å². The van der Waals surface area contributed by atoms with Crippen molar-refractivity contribution >= 4 is 46.1 Å². The van der Waals surface area contributed by atoms with Crippen LogP contribution in [0.5, 0.6) is 0 Å². The van der Waals surface area contributed by atoms with Gasteiger partial charge in [-0.3, -0.25) is 14.4 Å². The molecule has 0 aliphatic carbocycles. The minimum absolute atomic E-state index is 0.110. The average Bonchev–Trinajstić information content (AvgIpc) is 3.40. The quantitative estimate of drug-likeness (QED) is 0.555. The Bertz CT molecular complexity index is 1230. The maximum Gasteiger partial charge on any atom is 0.256 e. The standard InChI is InChI=1S/C24H24N4O3S/c1-24(2)20(28-22(31)16-5-3-4-6-17(16)23(28)32-24)21(30)26-12-10-19(29)27-15-7-8-18-14(13-15)9-11-25-18/h3-9,11,13,20,23,25H,10,12H2,1-2H3,(H,26,30)(H,27,29)/t20-,23-/m0/s1. The van der Waals surface area contributed by atoms with Gasteiger partial charge in [0.1, 0.15) is 11.4 Å². The number of carbonyl (C=O) groups excluding carboxylic acids is 3. The summed E-state index contributed by atoms with van der Waals surface area (Å²) in [5.41, 5.74) is 3.34. The monoisotopic (exact) mass is 448 g/mol. The molecule has 3 heterocycles. The van der Waals surface area contributed by atoms with Gasteiger partial charge in [-0.2, -0.15) is 0 Å². The molecule has 3 aromatic rings. The lowest BCUT2D eigenvalue weighted by molar-refractivity contribution is -0.126. The van der Waals surface area contributed by atoms with Crippen LogP contribution in [-0.4, -0.2) is 44.9 Å². The van der Waals surface area contributed by atoms with E-state index in [1.165, 1.54) is 0 Å². The highest BCUT2D eigenvalue weighted by molar-refractivity contribution is 8.01. The lowest BCUT2D eigenvalue weighted by Crippen LogP contribution is -2.52. The fourth-order valence-electron chi connectivity index (χ4n) is 4.56. The Hall–Kier alpha value is -3.26. The van der Waals surface area contributed by atoms with Gasteiger partial charge in [0.2, 0.25) is 11.8 Å². The molecule has 8 heteroatoms. The summed E-state index contributed by atoms with van der Waals surface area (Å²) < 4.78 is -0.438. The lowest BCUT2D eigenvalue weighted by atomic mass is 10.0. The molecule has 7 nitrogen and oxygen atoms in total. The fraction of sp³-hybridized carbons (Fsp3) is 0.292. The first-order valence-electron chi connectivity index (χ1n) is 10.6. The minimum atomic E-state index is -0.601. The van der Waals surface area contributed by atoms with Crippen LogP contribution in [0.25, 0.3) is 10.9 Å². The van der Waals surface area contributed by atoms with Gasteiger partial charge >= 0.3 is 0 Å². The van der Waals surface area contributed by atoms with E-state index in [0.29, 0.717) is 11.3 Å². The van der Waals surface area contributed by atoms with E-state index in [0.717, 1.165) is 16.5 Å². The molecular formula is C24H24N4O3S. The summed E-state index contributed by atoms with van der Waals surface area (Å²) in [6.07, 6.45) is 2.00. The van der Waals surface area contributed by atoms with Gasteiger partial charge < -0.3 is 20.5 Å². The van der Waals surface area contributed by atoms with Crippen LogP contribution in [0.4, 0.5) is 5.69 Å². The van der Waals surface area contributed by atoms with E-state index in [4.69, 9.17) is 0 Å². The summed E-state index contributed by atoms with van der Waals surface area (Å²) in [5.74, 6) is -0.516. The van der Waals surface area contributed by atoms with Gasteiger partial charge in [0.05, 0.1) is 0 Å². The van der Waals surface area contributed by atoms with Crippen molar-refractivity contribution < 1.29 is 14.4 Å². The summed E-state index contributed by atoms with van der Waals surface area (Å²) in [6, 6.07) is 14.5. The van der Waals surface area contributed by atoms with Crippen molar-refractivity contribution in [2.24, 2.45) is 0 Å². The van der Waals surface area contributed by atoms with Gasteiger partial charge in [-0.05, 0) is 49.7 Å². The van der Waals surface area contributed by atoms with Crippen LogP contribution in [-0.2, 0) is 9.59 Å². The fourth-order valence-corrected chi connectivity index (χ4v) is 6.14. The zero-order valence-corrected chi connectivity index (χ0v) is 18.7. The first-order chi connectivity index (χ1) is 15.3. The lowest BCUT2D eigenvalue weighted by Gasteiger charge is -2.29. The highest BCUT2D eigenvalue weighted by Gasteiger charge is 2.57. The Morgan fingerprint density at radius 2 is 1.97 bits per heavy atom. The van der Waals surface area contributed by atoms with Gasteiger partial charge in [-0.1, -0.05) is 18.2 Å². The topological polar surface area (TPSA) is 94.3 Å². The number of aromatic nitrogens is 1. The van der Waals surface area contributed by atoms with Crippen molar-refractivity contribution in [2.75, 3.05) is 11.9 Å². The molecule has 3 N–H and O–H groups in total. The van der Waals surface area contributed by atoms with Crippen molar-refractivity contribution in [3.8, 4) is 0 Å². The average molecular weight is 449 g/mol. The second kappa shape index (κ2) is 7.70. The Morgan fingerprint density at radius 3 is 2.81 bits per heavy atom. The zero-order valence-electron chi connectivity index (χ0n) is 17.8. The van der Waals surface area contributed by atoms with Crippen LogP contribution >= 0.6 is 11.8 Å². The maximum absolute atomic E-state index is 13.1. The normalized spacial score (nSPS) is 20.8. The smallest absolute Gasteiger partial charge is 0.256 e. The maximum atomic E-state index is 13.1. The third-order valence-electron chi connectivity index (χ3n) is 6.03. The molecule has 1 saturated heterocycles. The van der Waals surface area contributed by atoms with Crippen LogP contribution in [0.3, 0.4) is 0 Å². The van der Waals surface area contributed by atoms with E-state index < -0.39 is 10.8 Å². The van der Waals surface area contributed by atoms with Crippen molar-refractivity contribution in [2.45, 2.75) is 36.4 Å². The van der Waals surface area contributed by atoms with Gasteiger partial charge in [0.25, 0.3) is 5.91 Å². The van der Waals surface area contributed by atoms with Crippen LogP contribution in [0.1, 0.15) is 41.6 Å². The van der Waals surface area contributed by atoms with Gasteiger partial charge in [0, 0.05) is 46.1 Å². The van der Waals surface area contributed by atoms with Crippen LogP contribution in [0.15, 0.2) is 54.7 Å². The van der Waals surface area contributed by atoms with Crippen molar-refractivity contribution in [3.05, 3.63) is 65.9 Å².